The number of fused-ring (bicyclic) bond motifs is 3. The highest BCUT2D eigenvalue weighted by atomic mass is 16.4. The van der Waals surface area contributed by atoms with Crippen LogP contribution in [0.4, 0.5) is 0 Å². The average Bonchev–Trinajstić information content (AvgIpc) is 2.68. The molecule has 1 fully saturated rings. The Morgan fingerprint density at radius 2 is 1.89 bits per heavy atom. The van der Waals surface area contributed by atoms with E-state index in [1.54, 1.807) is 12.1 Å². The monoisotopic (exact) mass is 361 g/mol. The predicted molar refractivity (Wildman–Crippen MR) is 105 cm³/mol. The van der Waals surface area contributed by atoms with Gasteiger partial charge in [0.05, 0.1) is 11.1 Å². The van der Waals surface area contributed by atoms with Crippen LogP contribution in [0.15, 0.2) is 53.5 Å². The van der Waals surface area contributed by atoms with E-state index in [-0.39, 0.29) is 11.2 Å². The van der Waals surface area contributed by atoms with Crippen molar-refractivity contribution in [1.29, 1.82) is 0 Å². The van der Waals surface area contributed by atoms with E-state index < -0.39 is 11.5 Å². The molecule has 1 saturated carbocycles. The fourth-order valence-corrected chi connectivity index (χ4v) is 5.20. The van der Waals surface area contributed by atoms with Crippen molar-refractivity contribution in [2.24, 2.45) is 4.99 Å². The van der Waals surface area contributed by atoms with E-state index in [0.29, 0.717) is 18.4 Å². The van der Waals surface area contributed by atoms with E-state index in [2.05, 4.69) is 23.8 Å². The number of nitrogens with zero attached hydrogens (tertiary/aromatic N) is 1. The van der Waals surface area contributed by atoms with Gasteiger partial charge in [-0.05, 0) is 61.2 Å². The third-order valence-electron chi connectivity index (χ3n) is 6.54. The zero-order valence-corrected chi connectivity index (χ0v) is 15.3. The third-order valence-corrected chi connectivity index (χ3v) is 6.54. The molecule has 4 rings (SSSR count). The summed E-state index contributed by atoms with van der Waals surface area (Å²) in [6.07, 6.45) is 3.90. The summed E-state index contributed by atoms with van der Waals surface area (Å²) in [4.78, 5) is 28.4. The van der Waals surface area contributed by atoms with Gasteiger partial charge < -0.3 is 5.11 Å². The first-order chi connectivity index (χ1) is 13.0. The molecular weight excluding hydrogens is 338 g/mol. The van der Waals surface area contributed by atoms with Crippen LogP contribution in [0.2, 0.25) is 0 Å². The summed E-state index contributed by atoms with van der Waals surface area (Å²) in [6.45, 7) is 3.90. The SMILES string of the molecule is C=N[C@]12CCc3cc(C(=O)O)ccc3[C@]1(Cc1ccccc1)CCC(=O)C2. The summed E-state index contributed by atoms with van der Waals surface area (Å²) >= 11 is 0. The molecule has 2 atom stereocenters. The number of benzene rings is 2. The van der Waals surface area contributed by atoms with Crippen molar-refractivity contribution in [3.63, 3.8) is 0 Å². The molecule has 0 amide bonds. The Morgan fingerprint density at radius 3 is 2.59 bits per heavy atom. The van der Waals surface area contributed by atoms with Gasteiger partial charge in [-0.1, -0.05) is 36.4 Å². The van der Waals surface area contributed by atoms with Gasteiger partial charge in [0.1, 0.15) is 5.78 Å². The summed E-state index contributed by atoms with van der Waals surface area (Å²) in [7, 11) is 0. The van der Waals surface area contributed by atoms with Gasteiger partial charge in [-0.25, -0.2) is 4.79 Å². The zero-order chi connectivity index (χ0) is 19.1. The lowest BCUT2D eigenvalue weighted by atomic mass is 9.51. The number of aliphatic imine (C=N–C) groups is 1. The number of carboxylic acids is 1. The highest BCUT2D eigenvalue weighted by molar-refractivity contribution is 5.88. The lowest BCUT2D eigenvalue weighted by Gasteiger charge is -2.55. The van der Waals surface area contributed by atoms with Crippen LogP contribution >= 0.6 is 0 Å². The number of ketones is 1. The number of carboxylic acid groups (broad SMARTS) is 1. The molecule has 2 aromatic carbocycles. The second kappa shape index (κ2) is 6.45. The molecule has 4 heteroatoms. The number of Topliss-reactive ketones (excluding diaryl/α,β-unsaturated/α-hetero) is 1. The van der Waals surface area contributed by atoms with Crippen LogP contribution in [0.1, 0.15) is 52.7 Å². The van der Waals surface area contributed by atoms with Gasteiger partial charge in [-0.2, -0.15) is 0 Å². The Labute approximate surface area is 159 Å². The Morgan fingerprint density at radius 1 is 1.11 bits per heavy atom. The minimum absolute atomic E-state index is 0.247. The first-order valence-corrected chi connectivity index (χ1v) is 9.40. The van der Waals surface area contributed by atoms with Gasteiger partial charge in [0.25, 0.3) is 0 Å². The van der Waals surface area contributed by atoms with Crippen LogP contribution in [0, 0.1) is 0 Å². The maximum atomic E-state index is 12.4. The second-order valence-corrected chi connectivity index (χ2v) is 7.83. The van der Waals surface area contributed by atoms with Crippen molar-refractivity contribution in [2.45, 2.75) is 49.5 Å². The number of aromatic carboxylic acids is 1. The van der Waals surface area contributed by atoms with E-state index in [4.69, 9.17) is 0 Å². The predicted octanol–water partition coefficient (Wildman–Crippen LogP) is 4.00. The first-order valence-electron chi connectivity index (χ1n) is 9.40. The average molecular weight is 361 g/mol. The Hall–Kier alpha value is -2.75. The van der Waals surface area contributed by atoms with Crippen molar-refractivity contribution >= 4 is 18.5 Å². The number of carbonyl (C=O) groups excluding carboxylic acids is 1. The van der Waals surface area contributed by atoms with Gasteiger partial charge in [-0.15, -0.1) is 0 Å². The summed E-state index contributed by atoms with van der Waals surface area (Å²) < 4.78 is 0. The number of carbonyl (C=O) groups is 2. The smallest absolute Gasteiger partial charge is 0.335 e. The molecule has 0 saturated heterocycles. The minimum atomic E-state index is -0.910. The van der Waals surface area contributed by atoms with Gasteiger partial charge in [0, 0.05) is 18.3 Å². The van der Waals surface area contributed by atoms with Crippen LogP contribution in [-0.2, 0) is 23.1 Å². The molecule has 27 heavy (non-hydrogen) atoms. The largest absolute Gasteiger partial charge is 0.478 e. The molecule has 2 aromatic rings. The molecule has 4 nitrogen and oxygen atoms in total. The third kappa shape index (κ3) is 2.71. The Kier molecular flexibility index (Phi) is 4.22. The van der Waals surface area contributed by atoms with Crippen molar-refractivity contribution in [3.05, 3.63) is 70.8 Å². The van der Waals surface area contributed by atoms with Crippen molar-refractivity contribution in [1.82, 2.24) is 0 Å². The normalized spacial score (nSPS) is 26.7. The maximum absolute atomic E-state index is 12.4. The van der Waals surface area contributed by atoms with Crippen LogP contribution in [0.5, 0.6) is 0 Å². The molecule has 0 heterocycles. The standard InChI is InChI=1S/C23H23NO3/c1-24-23-12-9-17-13-18(21(26)27)7-8-20(17)22(23,11-10-19(25)15-23)14-16-5-3-2-4-6-16/h2-8,13H,1,9-12,14-15H2,(H,26,27)/t22-,23+/m1/s1. The Bertz CT molecular complexity index is 920. The number of hydrogen-bond donors (Lipinski definition) is 1. The summed E-state index contributed by atoms with van der Waals surface area (Å²) in [5.41, 5.74) is 2.89. The highest BCUT2D eigenvalue weighted by Crippen LogP contribution is 2.55. The van der Waals surface area contributed by atoms with Crippen LogP contribution in [-0.4, -0.2) is 29.1 Å². The summed E-state index contributed by atoms with van der Waals surface area (Å²) in [5.74, 6) is -0.663. The number of rotatable bonds is 4. The van der Waals surface area contributed by atoms with Gasteiger partial charge >= 0.3 is 5.97 Å². The lowest BCUT2D eigenvalue weighted by molar-refractivity contribution is -0.124. The second-order valence-electron chi connectivity index (χ2n) is 7.83. The fraction of sp³-hybridized carbons (Fsp3) is 0.348. The van der Waals surface area contributed by atoms with Crippen molar-refractivity contribution in [3.8, 4) is 0 Å². The van der Waals surface area contributed by atoms with E-state index in [0.717, 1.165) is 36.8 Å². The quantitative estimate of drug-likeness (QED) is 0.837. The fourth-order valence-electron chi connectivity index (χ4n) is 5.20. The molecule has 0 aromatic heterocycles. The summed E-state index contributed by atoms with van der Waals surface area (Å²) in [5, 5.41) is 9.38. The highest BCUT2D eigenvalue weighted by Gasteiger charge is 2.57. The first kappa shape index (κ1) is 17.7. The van der Waals surface area contributed by atoms with Gasteiger partial charge in [-0.3, -0.25) is 9.79 Å². The van der Waals surface area contributed by atoms with Crippen molar-refractivity contribution in [2.75, 3.05) is 0 Å². The lowest BCUT2D eigenvalue weighted by Crippen LogP contribution is -2.58. The molecule has 138 valence electrons. The molecule has 0 spiro atoms. The van der Waals surface area contributed by atoms with Crippen LogP contribution < -0.4 is 0 Å². The van der Waals surface area contributed by atoms with Crippen LogP contribution in [0.3, 0.4) is 0 Å². The molecule has 2 aliphatic carbocycles. The van der Waals surface area contributed by atoms with E-state index in [9.17, 15) is 14.7 Å². The minimum Gasteiger partial charge on any atom is -0.478 e. The zero-order valence-electron chi connectivity index (χ0n) is 15.3. The van der Waals surface area contributed by atoms with Gasteiger partial charge in [0.2, 0.25) is 0 Å². The molecule has 0 radical (unpaired) electrons. The molecule has 0 bridgehead atoms. The number of hydrogen-bond acceptors (Lipinski definition) is 3. The number of aryl methyl sites for hydroxylation is 1. The van der Waals surface area contributed by atoms with E-state index in [1.807, 2.05) is 24.3 Å². The molecule has 1 N–H and O–H groups in total. The van der Waals surface area contributed by atoms with Crippen molar-refractivity contribution < 1.29 is 14.7 Å². The maximum Gasteiger partial charge on any atom is 0.335 e. The van der Waals surface area contributed by atoms with Gasteiger partial charge in [0.15, 0.2) is 0 Å². The summed E-state index contributed by atoms with van der Waals surface area (Å²) in [6, 6.07) is 15.7. The molecule has 0 aliphatic heterocycles. The van der Waals surface area contributed by atoms with E-state index in [1.165, 1.54) is 5.56 Å². The van der Waals surface area contributed by atoms with E-state index >= 15 is 0 Å². The Balaban J connectivity index is 1.91. The molecular formula is C23H23NO3. The molecule has 0 unspecified atom stereocenters. The molecule has 2 aliphatic rings. The van der Waals surface area contributed by atoms with Crippen LogP contribution in [0.25, 0.3) is 0 Å². The topological polar surface area (TPSA) is 66.7 Å².